The molecule has 1 amide bonds. The highest BCUT2D eigenvalue weighted by Crippen LogP contribution is 2.42. The first-order chi connectivity index (χ1) is 17.3. The monoisotopic (exact) mass is 505 g/mol. The molecule has 4 saturated heterocycles. The van der Waals surface area contributed by atoms with Gasteiger partial charge in [-0.15, -0.1) is 0 Å². The predicted molar refractivity (Wildman–Crippen MR) is 126 cm³/mol. The van der Waals surface area contributed by atoms with Crippen LogP contribution in [0.2, 0.25) is 0 Å². The number of alkyl halides is 1. The number of piperazine rings is 1. The number of hydrogen-bond donors (Lipinski definition) is 0. The maximum Gasteiger partial charge on any atom is 0.319 e. The summed E-state index contributed by atoms with van der Waals surface area (Å²) in [5.41, 5.74) is -0.506. The van der Waals surface area contributed by atoms with Crippen LogP contribution in [0.1, 0.15) is 39.0 Å². The van der Waals surface area contributed by atoms with Gasteiger partial charge in [-0.2, -0.15) is 9.97 Å². The molecule has 11 heteroatoms. The second kappa shape index (κ2) is 8.64. The van der Waals surface area contributed by atoms with E-state index in [1.54, 1.807) is 6.92 Å². The molecular weight excluding hydrogens is 475 g/mol. The summed E-state index contributed by atoms with van der Waals surface area (Å²) in [5, 5.41) is 0.142. The molecule has 2 unspecified atom stereocenters. The molecule has 2 aromatic rings. The van der Waals surface area contributed by atoms with Crippen molar-refractivity contribution in [1.29, 1.82) is 0 Å². The number of fused-ring (bicyclic) bond motifs is 4. The summed E-state index contributed by atoms with van der Waals surface area (Å²) in [6.45, 7) is 3.93. The number of rotatable bonds is 5. The van der Waals surface area contributed by atoms with Gasteiger partial charge in [-0.05, 0) is 32.2 Å². The maximum absolute atomic E-state index is 15.1. The van der Waals surface area contributed by atoms with E-state index < -0.39 is 23.3 Å². The van der Waals surface area contributed by atoms with Crippen molar-refractivity contribution in [2.45, 2.75) is 62.8 Å². The Bertz CT molecular complexity index is 1200. The molecule has 4 aliphatic rings. The van der Waals surface area contributed by atoms with Gasteiger partial charge in [-0.3, -0.25) is 9.69 Å². The van der Waals surface area contributed by atoms with Crippen molar-refractivity contribution >= 4 is 22.6 Å². The average molecular weight is 506 g/mol. The molecule has 194 valence electrons. The Hall–Kier alpha value is -2.82. The molecule has 5 heterocycles. The lowest BCUT2D eigenvalue weighted by molar-refractivity contribution is -0.132. The lowest BCUT2D eigenvalue weighted by atomic mass is 9.95. The molecule has 8 nitrogen and oxygen atoms in total. The summed E-state index contributed by atoms with van der Waals surface area (Å²) in [7, 11) is 1.32. The maximum atomic E-state index is 15.1. The highest BCUT2D eigenvalue weighted by Gasteiger charge is 2.49. The fourth-order valence-electron chi connectivity index (χ4n) is 6.91. The summed E-state index contributed by atoms with van der Waals surface area (Å²) < 4.78 is 55.4. The smallest absolute Gasteiger partial charge is 0.319 e. The van der Waals surface area contributed by atoms with Gasteiger partial charge in [-0.25, -0.2) is 13.2 Å². The van der Waals surface area contributed by atoms with Gasteiger partial charge in [0.25, 0.3) is 0 Å². The Morgan fingerprint density at radius 3 is 2.61 bits per heavy atom. The molecule has 0 spiro atoms. The van der Waals surface area contributed by atoms with Crippen LogP contribution in [0, 0.1) is 11.6 Å². The fourth-order valence-corrected chi connectivity index (χ4v) is 6.91. The molecule has 4 aliphatic heterocycles. The molecule has 0 saturated carbocycles. The third-order valence-electron chi connectivity index (χ3n) is 8.37. The number of amides is 1. The first-order valence-corrected chi connectivity index (χ1v) is 12.6. The number of hydrogen-bond acceptors (Lipinski definition) is 7. The van der Waals surface area contributed by atoms with Gasteiger partial charge in [0.05, 0.1) is 18.0 Å². The minimum Gasteiger partial charge on any atom is -0.493 e. The lowest BCUT2D eigenvalue weighted by Crippen LogP contribution is -2.55. The molecular formula is C25H30F3N5O3. The third-order valence-corrected chi connectivity index (χ3v) is 8.37. The van der Waals surface area contributed by atoms with E-state index in [9.17, 15) is 13.6 Å². The fraction of sp³-hybridized carbons (Fsp3) is 0.640. The van der Waals surface area contributed by atoms with E-state index in [1.807, 2.05) is 9.80 Å². The van der Waals surface area contributed by atoms with Gasteiger partial charge in [0.2, 0.25) is 5.91 Å². The summed E-state index contributed by atoms with van der Waals surface area (Å²) in [6.07, 6.45) is 2.98. The van der Waals surface area contributed by atoms with E-state index in [0.717, 1.165) is 38.3 Å². The Labute approximate surface area is 207 Å². The van der Waals surface area contributed by atoms with Crippen LogP contribution in [0.15, 0.2) is 6.07 Å². The summed E-state index contributed by atoms with van der Waals surface area (Å²) in [6, 6.07) is 0.702. The zero-order chi connectivity index (χ0) is 25.2. The summed E-state index contributed by atoms with van der Waals surface area (Å²) in [5.74, 6) is -1.47. The number of methoxy groups -OCH3 is 1. The Kier molecular flexibility index (Phi) is 5.66. The number of benzene rings is 1. The number of nitrogens with zero attached hydrogens (tertiary/aromatic N) is 5. The molecule has 0 radical (unpaired) electrons. The minimum atomic E-state index is -0.903. The summed E-state index contributed by atoms with van der Waals surface area (Å²) in [4.78, 5) is 27.1. The van der Waals surface area contributed by atoms with E-state index in [1.165, 1.54) is 7.11 Å². The molecule has 0 N–H and O–H groups in total. The first kappa shape index (κ1) is 23.6. The number of carbonyl (C=O) groups excluding carboxylic acids is 1. The lowest BCUT2D eigenvalue weighted by Gasteiger charge is -2.41. The van der Waals surface area contributed by atoms with E-state index >= 15 is 4.39 Å². The molecule has 36 heavy (non-hydrogen) atoms. The largest absolute Gasteiger partial charge is 0.493 e. The van der Waals surface area contributed by atoms with E-state index in [2.05, 4.69) is 14.9 Å². The second-order valence-electron chi connectivity index (χ2n) is 10.5. The number of carbonyl (C=O) groups is 1. The van der Waals surface area contributed by atoms with Crippen molar-refractivity contribution in [2.75, 3.05) is 44.8 Å². The molecule has 2 bridgehead atoms. The predicted octanol–water partition coefficient (Wildman–Crippen LogP) is 3.07. The quantitative estimate of drug-likeness (QED) is 0.619. The van der Waals surface area contributed by atoms with Gasteiger partial charge in [0.15, 0.2) is 17.4 Å². The molecule has 0 aliphatic carbocycles. The molecule has 4 fully saturated rings. The molecule has 1 aromatic carbocycles. The van der Waals surface area contributed by atoms with Gasteiger partial charge in [0, 0.05) is 51.1 Å². The highest BCUT2D eigenvalue weighted by molar-refractivity contribution is 5.96. The third kappa shape index (κ3) is 3.65. The van der Waals surface area contributed by atoms with E-state index in [-0.39, 0.29) is 47.3 Å². The van der Waals surface area contributed by atoms with Crippen molar-refractivity contribution in [3.05, 3.63) is 17.7 Å². The SMILES string of the molecule is COc1c(F)cc(F)c2nc(OC[C@@]34CCCN3C[C@H](F)C4)nc(N3CC4CCC(C3)N4C(C)=O)c12. The number of aromatic nitrogens is 2. The van der Waals surface area contributed by atoms with Crippen LogP contribution in [0.3, 0.4) is 0 Å². The Morgan fingerprint density at radius 1 is 1.17 bits per heavy atom. The number of halogens is 3. The minimum absolute atomic E-state index is 0.00838. The van der Waals surface area contributed by atoms with Gasteiger partial charge in [-0.1, -0.05) is 0 Å². The van der Waals surface area contributed by atoms with Gasteiger partial charge >= 0.3 is 6.01 Å². The topological polar surface area (TPSA) is 71.0 Å². The van der Waals surface area contributed by atoms with Crippen molar-refractivity contribution in [3.8, 4) is 11.8 Å². The zero-order valence-electron chi connectivity index (χ0n) is 20.5. The van der Waals surface area contributed by atoms with Crippen molar-refractivity contribution < 1.29 is 27.4 Å². The van der Waals surface area contributed by atoms with Crippen molar-refractivity contribution in [1.82, 2.24) is 19.8 Å². The first-order valence-electron chi connectivity index (χ1n) is 12.6. The second-order valence-corrected chi connectivity index (χ2v) is 10.5. The number of ether oxygens (including phenoxy) is 2. The normalized spacial score (nSPS) is 29.8. The van der Waals surface area contributed by atoms with Crippen LogP contribution in [-0.2, 0) is 4.79 Å². The van der Waals surface area contributed by atoms with Crippen LogP contribution in [-0.4, -0.2) is 89.4 Å². The molecule has 6 rings (SSSR count). The standard InChI is InChI=1S/C25H30F3N5O3/c1-14(34)33-16-4-5-17(33)12-31(11-16)23-20-21(18(27)8-19(28)22(20)35-2)29-24(30-23)36-13-25-6-3-7-32(25)10-15(26)9-25/h8,15-17H,3-7,9-13H2,1-2H3/t15-,16?,17?,25+/m1/s1. The van der Waals surface area contributed by atoms with Crippen molar-refractivity contribution in [3.63, 3.8) is 0 Å². The number of anilines is 1. The van der Waals surface area contributed by atoms with Crippen molar-refractivity contribution in [2.24, 2.45) is 0 Å². The van der Waals surface area contributed by atoms with Gasteiger partial charge in [0.1, 0.15) is 24.1 Å². The van der Waals surface area contributed by atoms with Crippen LogP contribution in [0.25, 0.3) is 10.9 Å². The summed E-state index contributed by atoms with van der Waals surface area (Å²) >= 11 is 0. The van der Waals surface area contributed by atoms with E-state index in [0.29, 0.717) is 31.9 Å². The Morgan fingerprint density at radius 2 is 1.92 bits per heavy atom. The zero-order valence-corrected chi connectivity index (χ0v) is 20.5. The molecule has 4 atom stereocenters. The van der Waals surface area contributed by atoms with Crippen LogP contribution in [0.4, 0.5) is 19.0 Å². The van der Waals surface area contributed by atoms with E-state index in [4.69, 9.17) is 9.47 Å². The van der Waals surface area contributed by atoms with Gasteiger partial charge < -0.3 is 19.3 Å². The van der Waals surface area contributed by atoms with Crippen LogP contribution >= 0.6 is 0 Å². The van der Waals surface area contributed by atoms with Crippen LogP contribution in [0.5, 0.6) is 11.8 Å². The van der Waals surface area contributed by atoms with Crippen LogP contribution < -0.4 is 14.4 Å². The average Bonchev–Trinajstić information content (AvgIpc) is 3.45. The molecule has 1 aromatic heterocycles. The Balaban J connectivity index is 1.40. The highest BCUT2D eigenvalue weighted by atomic mass is 19.1.